The van der Waals surface area contributed by atoms with Crippen molar-refractivity contribution in [3.8, 4) is 0 Å². The summed E-state index contributed by atoms with van der Waals surface area (Å²) in [5.74, 6) is -2.23. The third kappa shape index (κ3) is 3.12. The van der Waals surface area contributed by atoms with Crippen molar-refractivity contribution in [2.45, 2.75) is 12.5 Å². The Kier molecular flexibility index (Phi) is 3.51. The van der Waals surface area contributed by atoms with Crippen molar-refractivity contribution < 1.29 is 19.8 Å². The molecule has 19 heavy (non-hydrogen) atoms. The van der Waals surface area contributed by atoms with Gasteiger partial charge < -0.3 is 15.5 Å². The van der Waals surface area contributed by atoms with Crippen LogP contribution in [0.2, 0.25) is 0 Å². The van der Waals surface area contributed by atoms with E-state index in [0.717, 1.165) is 0 Å². The first kappa shape index (κ1) is 12.7. The Labute approximate surface area is 107 Å². The zero-order valence-electron chi connectivity index (χ0n) is 9.65. The van der Waals surface area contributed by atoms with Crippen LogP contribution in [0.1, 0.15) is 6.42 Å². The highest BCUT2D eigenvalue weighted by Gasteiger charge is 2.21. The molecule has 2 rings (SSSR count). The predicted octanol–water partition coefficient (Wildman–Crippen LogP) is 0.365. The van der Waals surface area contributed by atoms with Gasteiger partial charge in [-0.25, -0.2) is 14.8 Å². The molecule has 0 fully saturated rings. The number of fused-ring (bicyclic) bond motifs is 1. The first-order valence-corrected chi connectivity index (χ1v) is 5.35. The maximum Gasteiger partial charge on any atom is 0.326 e. The number of carboxylic acid groups (broad SMARTS) is 2. The summed E-state index contributed by atoms with van der Waals surface area (Å²) in [5.41, 5.74) is 0.921. The monoisotopic (exact) mass is 262 g/mol. The zero-order chi connectivity index (χ0) is 13.8. The summed E-state index contributed by atoms with van der Waals surface area (Å²) in [7, 11) is 0. The molecule has 0 radical (unpaired) electrons. The van der Waals surface area contributed by atoms with Crippen molar-refractivity contribution in [2.75, 3.05) is 5.32 Å². The van der Waals surface area contributed by atoms with Crippen molar-refractivity contribution in [3.63, 3.8) is 0 Å². The second-order valence-corrected chi connectivity index (χ2v) is 3.73. The lowest BCUT2D eigenvalue weighted by Gasteiger charge is -2.12. The summed E-state index contributed by atoms with van der Waals surface area (Å²) in [6, 6.07) is 1.89. The Hall–Kier alpha value is -2.77. The standard InChI is InChI=1S/C11H10N4O4/c16-9(17)5-7(11(18)19)14-8-2-1-6-10(15-8)13-4-3-12-6/h1-4,7H,5H2,(H,16,17)(H,18,19)(H,13,14,15). The molecule has 0 spiro atoms. The molecule has 3 N–H and O–H groups in total. The summed E-state index contributed by atoms with van der Waals surface area (Å²) in [6.45, 7) is 0. The minimum atomic E-state index is -1.26. The van der Waals surface area contributed by atoms with Gasteiger partial charge in [-0.3, -0.25) is 9.78 Å². The van der Waals surface area contributed by atoms with E-state index in [2.05, 4.69) is 20.3 Å². The average molecular weight is 262 g/mol. The number of pyridine rings is 1. The molecule has 1 atom stereocenters. The number of aliphatic carboxylic acids is 2. The van der Waals surface area contributed by atoms with E-state index in [1.807, 2.05) is 0 Å². The van der Waals surface area contributed by atoms with E-state index in [0.29, 0.717) is 11.2 Å². The van der Waals surface area contributed by atoms with E-state index in [1.165, 1.54) is 18.5 Å². The van der Waals surface area contributed by atoms with E-state index in [4.69, 9.17) is 10.2 Å². The van der Waals surface area contributed by atoms with Crippen LogP contribution < -0.4 is 5.32 Å². The van der Waals surface area contributed by atoms with Crippen molar-refractivity contribution in [3.05, 3.63) is 24.5 Å². The Bertz CT molecular complexity index is 631. The lowest BCUT2D eigenvalue weighted by molar-refractivity contribution is -0.144. The van der Waals surface area contributed by atoms with Crippen LogP contribution >= 0.6 is 0 Å². The molecule has 0 bridgehead atoms. The molecule has 98 valence electrons. The molecule has 0 aromatic carbocycles. The quantitative estimate of drug-likeness (QED) is 0.705. The van der Waals surface area contributed by atoms with Gasteiger partial charge in [-0.15, -0.1) is 0 Å². The molecule has 0 amide bonds. The Morgan fingerprint density at radius 3 is 2.63 bits per heavy atom. The highest BCUT2D eigenvalue weighted by molar-refractivity contribution is 5.83. The van der Waals surface area contributed by atoms with Crippen molar-refractivity contribution in [1.29, 1.82) is 0 Å². The molecular weight excluding hydrogens is 252 g/mol. The number of aromatic nitrogens is 3. The molecule has 2 aromatic rings. The van der Waals surface area contributed by atoms with Crippen LogP contribution in [0.4, 0.5) is 5.82 Å². The van der Waals surface area contributed by atoms with Gasteiger partial charge in [0.2, 0.25) is 0 Å². The topological polar surface area (TPSA) is 125 Å². The molecule has 1 unspecified atom stereocenters. The second kappa shape index (κ2) is 5.25. The lowest BCUT2D eigenvalue weighted by Crippen LogP contribution is -2.32. The molecule has 0 saturated carbocycles. The van der Waals surface area contributed by atoms with Crippen LogP contribution in [0.15, 0.2) is 24.5 Å². The van der Waals surface area contributed by atoms with E-state index >= 15 is 0 Å². The van der Waals surface area contributed by atoms with Crippen molar-refractivity contribution >= 4 is 28.9 Å². The SMILES string of the molecule is O=C(O)CC(Nc1ccc2nccnc2n1)C(=O)O. The molecule has 8 nitrogen and oxygen atoms in total. The molecular formula is C11H10N4O4. The number of hydrogen-bond acceptors (Lipinski definition) is 6. The third-order valence-corrected chi connectivity index (χ3v) is 2.33. The van der Waals surface area contributed by atoms with E-state index in [-0.39, 0.29) is 5.82 Å². The lowest BCUT2D eigenvalue weighted by atomic mass is 10.2. The molecule has 0 aliphatic heterocycles. The molecule has 2 aromatic heterocycles. The van der Waals surface area contributed by atoms with Gasteiger partial charge in [0.15, 0.2) is 5.65 Å². The first-order valence-electron chi connectivity index (χ1n) is 5.35. The Morgan fingerprint density at radius 2 is 1.95 bits per heavy atom. The summed E-state index contributed by atoms with van der Waals surface area (Å²) < 4.78 is 0. The molecule has 0 aliphatic rings. The Morgan fingerprint density at radius 1 is 1.21 bits per heavy atom. The van der Waals surface area contributed by atoms with Gasteiger partial charge in [-0.1, -0.05) is 0 Å². The van der Waals surface area contributed by atoms with Gasteiger partial charge in [0.05, 0.1) is 6.42 Å². The van der Waals surface area contributed by atoms with E-state index in [9.17, 15) is 9.59 Å². The molecule has 0 saturated heterocycles. The fourth-order valence-electron chi connectivity index (χ4n) is 1.49. The molecule has 0 aliphatic carbocycles. The van der Waals surface area contributed by atoms with E-state index in [1.54, 1.807) is 6.07 Å². The van der Waals surface area contributed by atoms with Crippen LogP contribution in [0.5, 0.6) is 0 Å². The predicted molar refractivity (Wildman–Crippen MR) is 64.6 cm³/mol. The fourth-order valence-corrected chi connectivity index (χ4v) is 1.49. The van der Waals surface area contributed by atoms with E-state index < -0.39 is 24.4 Å². The molecule has 2 heterocycles. The second-order valence-electron chi connectivity index (χ2n) is 3.73. The van der Waals surface area contributed by atoms with Crippen LogP contribution in [0.3, 0.4) is 0 Å². The summed E-state index contributed by atoms with van der Waals surface area (Å²) in [5, 5.41) is 20.1. The number of rotatable bonds is 5. The third-order valence-electron chi connectivity index (χ3n) is 2.33. The van der Waals surface area contributed by atoms with Gasteiger partial charge in [0.1, 0.15) is 17.4 Å². The van der Waals surface area contributed by atoms with Gasteiger partial charge in [-0.2, -0.15) is 0 Å². The maximum atomic E-state index is 10.9. The number of carboxylic acids is 2. The van der Waals surface area contributed by atoms with Gasteiger partial charge in [0.25, 0.3) is 0 Å². The summed E-state index contributed by atoms with van der Waals surface area (Å²) >= 11 is 0. The van der Waals surface area contributed by atoms with Gasteiger partial charge >= 0.3 is 11.9 Å². The van der Waals surface area contributed by atoms with Crippen LogP contribution in [-0.2, 0) is 9.59 Å². The highest BCUT2D eigenvalue weighted by atomic mass is 16.4. The first-order chi connectivity index (χ1) is 9.06. The van der Waals surface area contributed by atoms with Gasteiger partial charge in [0, 0.05) is 12.4 Å². The highest BCUT2D eigenvalue weighted by Crippen LogP contribution is 2.12. The molecule has 8 heteroatoms. The summed E-state index contributed by atoms with van der Waals surface area (Å²) in [6.07, 6.45) is 2.43. The zero-order valence-corrected chi connectivity index (χ0v) is 9.65. The smallest absolute Gasteiger partial charge is 0.326 e. The van der Waals surface area contributed by atoms with Crippen LogP contribution in [0, 0.1) is 0 Å². The normalized spacial score (nSPS) is 12.0. The fraction of sp³-hybridized carbons (Fsp3) is 0.182. The Balaban J connectivity index is 2.23. The number of carbonyl (C=O) groups is 2. The maximum absolute atomic E-state index is 10.9. The minimum Gasteiger partial charge on any atom is -0.481 e. The number of anilines is 1. The number of nitrogens with one attached hydrogen (secondary N) is 1. The largest absolute Gasteiger partial charge is 0.481 e. The average Bonchev–Trinajstić information content (AvgIpc) is 2.37. The van der Waals surface area contributed by atoms with Crippen molar-refractivity contribution in [2.24, 2.45) is 0 Å². The number of nitrogens with zero attached hydrogens (tertiary/aromatic N) is 3. The van der Waals surface area contributed by atoms with Crippen LogP contribution in [0.25, 0.3) is 11.2 Å². The van der Waals surface area contributed by atoms with Gasteiger partial charge in [-0.05, 0) is 12.1 Å². The van der Waals surface area contributed by atoms with Crippen molar-refractivity contribution in [1.82, 2.24) is 15.0 Å². The minimum absolute atomic E-state index is 0.238. The van der Waals surface area contributed by atoms with Crippen LogP contribution in [-0.4, -0.2) is 43.1 Å². The number of hydrogen-bond donors (Lipinski definition) is 3. The summed E-state index contributed by atoms with van der Waals surface area (Å²) in [4.78, 5) is 33.6.